The second kappa shape index (κ2) is 3.57. The summed E-state index contributed by atoms with van der Waals surface area (Å²) >= 11 is 0. The highest BCUT2D eigenvalue weighted by Crippen LogP contribution is 2.30. The summed E-state index contributed by atoms with van der Waals surface area (Å²) in [6, 6.07) is 0. The second-order valence-corrected chi connectivity index (χ2v) is 2.83. The van der Waals surface area contributed by atoms with Crippen molar-refractivity contribution >= 4 is 0 Å². The molecule has 1 saturated carbocycles. The van der Waals surface area contributed by atoms with E-state index < -0.39 is 0 Å². The summed E-state index contributed by atoms with van der Waals surface area (Å²) in [5, 5.41) is 8.52. The van der Waals surface area contributed by atoms with Crippen molar-refractivity contribution in [2.24, 2.45) is 5.92 Å². The second-order valence-electron chi connectivity index (χ2n) is 2.83. The van der Waals surface area contributed by atoms with Crippen molar-refractivity contribution in [1.82, 2.24) is 0 Å². The van der Waals surface area contributed by atoms with Crippen LogP contribution in [-0.2, 0) is 0 Å². The van der Waals surface area contributed by atoms with E-state index in [4.69, 9.17) is 5.11 Å². The standard InChI is InChI=1S/C9H14O/c1-8(6-7-10)2-3-9-4-5-9/h2-3,9-10H,1,4-7H2/b3-2+. The van der Waals surface area contributed by atoms with Gasteiger partial charge in [-0.05, 0) is 25.2 Å². The molecule has 0 aliphatic heterocycles. The molecule has 56 valence electrons. The lowest BCUT2D eigenvalue weighted by Crippen LogP contribution is -1.82. The highest BCUT2D eigenvalue weighted by atomic mass is 16.2. The van der Waals surface area contributed by atoms with Gasteiger partial charge in [-0.3, -0.25) is 0 Å². The van der Waals surface area contributed by atoms with Crippen molar-refractivity contribution in [3.8, 4) is 0 Å². The quantitative estimate of drug-likeness (QED) is 0.588. The summed E-state index contributed by atoms with van der Waals surface area (Å²) in [6.45, 7) is 4.01. The third kappa shape index (κ3) is 2.83. The van der Waals surface area contributed by atoms with Crippen molar-refractivity contribution in [3.05, 3.63) is 24.3 Å². The van der Waals surface area contributed by atoms with E-state index in [0.717, 1.165) is 11.5 Å². The smallest absolute Gasteiger partial charge is 0.0471 e. The van der Waals surface area contributed by atoms with Crippen LogP contribution in [0.5, 0.6) is 0 Å². The molecule has 0 amide bonds. The summed E-state index contributed by atoms with van der Waals surface area (Å²) in [6.07, 6.45) is 7.61. The molecule has 1 rings (SSSR count). The lowest BCUT2D eigenvalue weighted by Gasteiger charge is -1.92. The third-order valence-electron chi connectivity index (χ3n) is 1.66. The van der Waals surface area contributed by atoms with E-state index in [9.17, 15) is 0 Å². The fourth-order valence-corrected chi connectivity index (χ4v) is 0.788. The van der Waals surface area contributed by atoms with Crippen LogP contribution in [0.4, 0.5) is 0 Å². The molecule has 0 radical (unpaired) electrons. The average molecular weight is 138 g/mol. The Hall–Kier alpha value is -0.560. The first-order valence-electron chi connectivity index (χ1n) is 3.80. The minimum Gasteiger partial charge on any atom is -0.396 e. The first-order chi connectivity index (χ1) is 4.83. The maximum absolute atomic E-state index is 8.52. The maximum atomic E-state index is 8.52. The van der Waals surface area contributed by atoms with Crippen LogP contribution in [0.2, 0.25) is 0 Å². The SMILES string of the molecule is C=C(/C=C/C1CC1)CCO. The van der Waals surface area contributed by atoms with Gasteiger partial charge in [0.25, 0.3) is 0 Å². The van der Waals surface area contributed by atoms with Crippen molar-refractivity contribution in [3.63, 3.8) is 0 Å². The van der Waals surface area contributed by atoms with Gasteiger partial charge >= 0.3 is 0 Å². The molecule has 0 heterocycles. The predicted molar refractivity (Wildman–Crippen MR) is 42.7 cm³/mol. The Balaban J connectivity index is 2.15. The fraction of sp³-hybridized carbons (Fsp3) is 0.556. The van der Waals surface area contributed by atoms with Gasteiger partial charge in [0, 0.05) is 6.61 Å². The highest BCUT2D eigenvalue weighted by molar-refractivity contribution is 5.16. The zero-order valence-corrected chi connectivity index (χ0v) is 6.21. The molecule has 1 aliphatic carbocycles. The minimum atomic E-state index is 0.216. The molecule has 0 saturated heterocycles. The van der Waals surface area contributed by atoms with Crippen LogP contribution < -0.4 is 0 Å². The van der Waals surface area contributed by atoms with E-state index in [1.54, 1.807) is 0 Å². The number of aliphatic hydroxyl groups excluding tert-OH is 1. The lowest BCUT2D eigenvalue weighted by atomic mass is 10.2. The Bertz CT molecular complexity index is 143. The Labute approximate surface area is 62.1 Å². The summed E-state index contributed by atoms with van der Waals surface area (Å²) in [5.41, 5.74) is 1.04. The highest BCUT2D eigenvalue weighted by Gasteiger charge is 2.16. The number of hydrogen-bond acceptors (Lipinski definition) is 1. The lowest BCUT2D eigenvalue weighted by molar-refractivity contribution is 0.300. The molecule has 0 aromatic heterocycles. The molecular weight excluding hydrogens is 124 g/mol. The van der Waals surface area contributed by atoms with E-state index in [2.05, 4.69) is 12.7 Å². The normalized spacial score (nSPS) is 18.1. The summed E-state index contributed by atoms with van der Waals surface area (Å²) in [7, 11) is 0. The molecule has 0 aromatic carbocycles. The molecule has 1 heteroatoms. The zero-order chi connectivity index (χ0) is 7.40. The van der Waals surface area contributed by atoms with Gasteiger partial charge in [-0.1, -0.05) is 24.3 Å². The van der Waals surface area contributed by atoms with Crippen molar-refractivity contribution in [2.45, 2.75) is 19.3 Å². The number of rotatable bonds is 4. The molecule has 10 heavy (non-hydrogen) atoms. The first-order valence-corrected chi connectivity index (χ1v) is 3.80. The van der Waals surface area contributed by atoms with Crippen LogP contribution in [0, 0.1) is 5.92 Å². The van der Waals surface area contributed by atoms with Crippen LogP contribution in [0.3, 0.4) is 0 Å². The molecule has 0 aromatic rings. The van der Waals surface area contributed by atoms with Crippen molar-refractivity contribution < 1.29 is 5.11 Å². The third-order valence-corrected chi connectivity index (χ3v) is 1.66. The minimum absolute atomic E-state index is 0.216. The van der Waals surface area contributed by atoms with E-state index >= 15 is 0 Å². The molecule has 0 unspecified atom stereocenters. The van der Waals surface area contributed by atoms with Crippen LogP contribution in [0.25, 0.3) is 0 Å². The zero-order valence-electron chi connectivity index (χ0n) is 6.21. The number of aliphatic hydroxyl groups is 1. The number of hydrogen-bond donors (Lipinski definition) is 1. The summed E-state index contributed by atoms with van der Waals surface area (Å²) in [5.74, 6) is 0.815. The van der Waals surface area contributed by atoms with Gasteiger partial charge in [-0.15, -0.1) is 0 Å². The monoisotopic (exact) mass is 138 g/mol. The van der Waals surface area contributed by atoms with Crippen LogP contribution in [0.1, 0.15) is 19.3 Å². The van der Waals surface area contributed by atoms with Gasteiger partial charge in [0.1, 0.15) is 0 Å². The van der Waals surface area contributed by atoms with Crippen LogP contribution in [-0.4, -0.2) is 11.7 Å². The summed E-state index contributed by atoms with van der Waals surface area (Å²) in [4.78, 5) is 0. The molecule has 1 fully saturated rings. The number of allylic oxidation sites excluding steroid dienone is 2. The Morgan fingerprint density at radius 2 is 2.30 bits per heavy atom. The van der Waals surface area contributed by atoms with Gasteiger partial charge in [0.15, 0.2) is 0 Å². The molecule has 0 bridgehead atoms. The predicted octanol–water partition coefficient (Wildman–Crippen LogP) is 1.89. The molecule has 0 atom stereocenters. The van der Waals surface area contributed by atoms with E-state index in [0.29, 0.717) is 6.42 Å². The molecule has 0 spiro atoms. The molecule has 1 aliphatic rings. The van der Waals surface area contributed by atoms with Crippen LogP contribution in [0.15, 0.2) is 24.3 Å². The Kier molecular flexibility index (Phi) is 2.69. The van der Waals surface area contributed by atoms with Crippen molar-refractivity contribution in [1.29, 1.82) is 0 Å². The topological polar surface area (TPSA) is 20.2 Å². The van der Waals surface area contributed by atoms with Gasteiger partial charge in [-0.2, -0.15) is 0 Å². The molecular formula is C9H14O. The van der Waals surface area contributed by atoms with Gasteiger partial charge in [0.05, 0.1) is 0 Å². The summed E-state index contributed by atoms with van der Waals surface area (Å²) < 4.78 is 0. The Morgan fingerprint density at radius 3 is 2.80 bits per heavy atom. The van der Waals surface area contributed by atoms with E-state index in [1.807, 2.05) is 6.08 Å². The fourth-order valence-electron chi connectivity index (χ4n) is 0.788. The van der Waals surface area contributed by atoms with Crippen LogP contribution >= 0.6 is 0 Å². The van der Waals surface area contributed by atoms with E-state index in [1.165, 1.54) is 12.8 Å². The maximum Gasteiger partial charge on any atom is 0.0471 e. The van der Waals surface area contributed by atoms with E-state index in [-0.39, 0.29) is 6.61 Å². The van der Waals surface area contributed by atoms with Gasteiger partial charge < -0.3 is 5.11 Å². The van der Waals surface area contributed by atoms with Crippen molar-refractivity contribution in [2.75, 3.05) is 6.61 Å². The molecule has 1 nitrogen and oxygen atoms in total. The Morgan fingerprint density at radius 1 is 1.60 bits per heavy atom. The van der Waals surface area contributed by atoms with Gasteiger partial charge in [0.2, 0.25) is 0 Å². The first kappa shape index (κ1) is 7.55. The molecule has 1 N–H and O–H groups in total. The largest absolute Gasteiger partial charge is 0.396 e. The average Bonchev–Trinajstić information content (AvgIpc) is 2.67. The van der Waals surface area contributed by atoms with Gasteiger partial charge in [-0.25, -0.2) is 0 Å².